The van der Waals surface area contributed by atoms with Gasteiger partial charge >= 0.3 is 0 Å². The maximum atomic E-state index is 12.0. The minimum atomic E-state index is -0.0472. The summed E-state index contributed by atoms with van der Waals surface area (Å²) in [6.45, 7) is 1.17. The average Bonchev–Trinajstić information content (AvgIpc) is 3.10. The first-order valence-electron chi connectivity index (χ1n) is 7.47. The molecule has 1 heterocycles. The predicted molar refractivity (Wildman–Crippen MR) is 78.9 cm³/mol. The van der Waals surface area contributed by atoms with Crippen molar-refractivity contribution in [2.45, 2.75) is 31.7 Å². The molecule has 1 atom stereocenters. The first kappa shape index (κ1) is 14.1. The molecule has 5 nitrogen and oxygen atoms in total. The highest BCUT2D eigenvalue weighted by Crippen LogP contribution is 2.19. The molecule has 1 aliphatic heterocycles. The lowest BCUT2D eigenvalue weighted by Crippen LogP contribution is -2.27. The molecule has 1 aromatic rings. The number of ether oxygens (including phenoxy) is 1. The van der Waals surface area contributed by atoms with Crippen LogP contribution in [0.1, 0.15) is 24.8 Å². The van der Waals surface area contributed by atoms with Gasteiger partial charge in [0.1, 0.15) is 0 Å². The molecule has 0 aromatic heterocycles. The van der Waals surface area contributed by atoms with Gasteiger partial charge in [-0.1, -0.05) is 12.1 Å². The van der Waals surface area contributed by atoms with E-state index in [-0.39, 0.29) is 17.7 Å². The zero-order chi connectivity index (χ0) is 14.7. The van der Waals surface area contributed by atoms with Crippen LogP contribution < -0.4 is 10.6 Å². The van der Waals surface area contributed by atoms with Gasteiger partial charge in [-0.05, 0) is 37.0 Å². The lowest BCUT2D eigenvalue weighted by atomic mass is 10.1. The maximum absolute atomic E-state index is 12.0. The van der Waals surface area contributed by atoms with Crippen molar-refractivity contribution in [3.63, 3.8) is 0 Å². The molecule has 0 spiro atoms. The molecule has 0 radical (unpaired) electrons. The van der Waals surface area contributed by atoms with Gasteiger partial charge in [0.05, 0.1) is 18.9 Å². The van der Waals surface area contributed by atoms with Gasteiger partial charge in [0, 0.05) is 18.3 Å². The van der Waals surface area contributed by atoms with Crippen LogP contribution in [0.4, 0.5) is 5.69 Å². The van der Waals surface area contributed by atoms with E-state index in [0.29, 0.717) is 25.7 Å². The van der Waals surface area contributed by atoms with Crippen LogP contribution in [0, 0.1) is 5.92 Å². The van der Waals surface area contributed by atoms with Crippen LogP contribution in [-0.2, 0) is 20.7 Å². The van der Waals surface area contributed by atoms with Crippen molar-refractivity contribution in [3.8, 4) is 0 Å². The normalized spacial score (nSPS) is 21.0. The molecular formula is C16H20N2O3. The van der Waals surface area contributed by atoms with Crippen molar-refractivity contribution in [1.29, 1.82) is 0 Å². The summed E-state index contributed by atoms with van der Waals surface area (Å²) in [5.74, 6) is 0.0260. The largest absolute Gasteiger partial charge is 0.381 e. The molecule has 2 fully saturated rings. The van der Waals surface area contributed by atoms with Gasteiger partial charge < -0.3 is 15.4 Å². The minimum Gasteiger partial charge on any atom is -0.381 e. The molecule has 2 N–H and O–H groups in total. The first-order valence-corrected chi connectivity index (χ1v) is 7.47. The van der Waals surface area contributed by atoms with Crippen molar-refractivity contribution in [1.82, 2.24) is 5.32 Å². The van der Waals surface area contributed by atoms with Crippen LogP contribution in [0.15, 0.2) is 24.3 Å². The Labute approximate surface area is 124 Å². The van der Waals surface area contributed by atoms with E-state index in [4.69, 9.17) is 4.74 Å². The molecule has 2 aliphatic rings. The van der Waals surface area contributed by atoms with E-state index < -0.39 is 0 Å². The summed E-state index contributed by atoms with van der Waals surface area (Å²) in [5.41, 5.74) is 1.72. The van der Waals surface area contributed by atoms with Gasteiger partial charge in [-0.3, -0.25) is 9.59 Å². The molecule has 1 aliphatic carbocycles. The van der Waals surface area contributed by atoms with Crippen LogP contribution in [0.3, 0.4) is 0 Å². The molecule has 1 unspecified atom stereocenters. The second-order valence-corrected chi connectivity index (χ2v) is 5.77. The Morgan fingerprint density at radius 2 is 1.90 bits per heavy atom. The Morgan fingerprint density at radius 1 is 1.14 bits per heavy atom. The number of hydrogen-bond acceptors (Lipinski definition) is 3. The van der Waals surface area contributed by atoms with Gasteiger partial charge in [0.15, 0.2) is 0 Å². The SMILES string of the molecule is O=C(Cc1ccc(NC(=O)C2CCOC2)cc1)NC1CC1. The van der Waals surface area contributed by atoms with Gasteiger partial charge in [-0.2, -0.15) is 0 Å². The molecule has 21 heavy (non-hydrogen) atoms. The zero-order valence-electron chi connectivity index (χ0n) is 11.9. The molecule has 1 saturated carbocycles. The average molecular weight is 288 g/mol. The van der Waals surface area contributed by atoms with E-state index in [1.807, 2.05) is 24.3 Å². The summed E-state index contributed by atoms with van der Waals surface area (Å²) in [4.78, 5) is 23.7. The van der Waals surface area contributed by atoms with Crippen LogP contribution in [0.5, 0.6) is 0 Å². The number of amides is 2. The third-order valence-electron chi connectivity index (χ3n) is 3.83. The molecule has 2 amide bonds. The van der Waals surface area contributed by atoms with Gasteiger partial charge in [-0.25, -0.2) is 0 Å². The zero-order valence-corrected chi connectivity index (χ0v) is 11.9. The predicted octanol–water partition coefficient (Wildman–Crippen LogP) is 1.48. The van der Waals surface area contributed by atoms with Crippen molar-refractivity contribution in [3.05, 3.63) is 29.8 Å². The summed E-state index contributed by atoms with van der Waals surface area (Å²) >= 11 is 0. The third-order valence-corrected chi connectivity index (χ3v) is 3.83. The Balaban J connectivity index is 1.50. The Bertz CT molecular complexity index is 517. The number of carbonyl (C=O) groups excluding carboxylic acids is 2. The summed E-state index contributed by atoms with van der Waals surface area (Å²) in [7, 11) is 0. The highest BCUT2D eigenvalue weighted by Gasteiger charge is 2.24. The topological polar surface area (TPSA) is 67.4 Å². The van der Waals surface area contributed by atoms with Gasteiger partial charge in [-0.15, -0.1) is 0 Å². The fourth-order valence-electron chi connectivity index (χ4n) is 2.38. The summed E-state index contributed by atoms with van der Waals surface area (Å²) in [6.07, 6.45) is 3.37. The Hall–Kier alpha value is -1.88. The second kappa shape index (κ2) is 6.26. The molecule has 1 aromatic carbocycles. The lowest BCUT2D eigenvalue weighted by molar-refractivity contribution is -0.121. The van der Waals surface area contributed by atoms with E-state index in [2.05, 4.69) is 10.6 Å². The third kappa shape index (κ3) is 4.04. The summed E-state index contributed by atoms with van der Waals surface area (Å²) in [6, 6.07) is 7.84. The maximum Gasteiger partial charge on any atom is 0.229 e. The van der Waals surface area contributed by atoms with E-state index in [9.17, 15) is 9.59 Å². The highest BCUT2D eigenvalue weighted by atomic mass is 16.5. The van der Waals surface area contributed by atoms with Crippen LogP contribution in [0.25, 0.3) is 0 Å². The molecule has 0 bridgehead atoms. The fraction of sp³-hybridized carbons (Fsp3) is 0.500. The summed E-state index contributed by atoms with van der Waals surface area (Å²) in [5, 5.41) is 5.85. The summed E-state index contributed by atoms with van der Waals surface area (Å²) < 4.78 is 5.21. The van der Waals surface area contributed by atoms with Gasteiger partial charge in [0.2, 0.25) is 11.8 Å². The molecule has 112 valence electrons. The van der Waals surface area contributed by atoms with Gasteiger partial charge in [0.25, 0.3) is 0 Å². The van der Waals surface area contributed by atoms with Crippen molar-refractivity contribution < 1.29 is 14.3 Å². The Morgan fingerprint density at radius 3 is 2.52 bits per heavy atom. The minimum absolute atomic E-state index is 0.00623. The second-order valence-electron chi connectivity index (χ2n) is 5.77. The molecule has 3 rings (SSSR count). The fourth-order valence-corrected chi connectivity index (χ4v) is 2.38. The van der Waals surface area contributed by atoms with Crippen molar-refractivity contribution in [2.24, 2.45) is 5.92 Å². The van der Waals surface area contributed by atoms with Crippen LogP contribution in [-0.4, -0.2) is 31.1 Å². The molecular weight excluding hydrogens is 268 g/mol. The van der Waals surface area contributed by atoms with Crippen LogP contribution in [0.2, 0.25) is 0 Å². The quantitative estimate of drug-likeness (QED) is 0.862. The standard InChI is InChI=1S/C16H20N2O3/c19-15(17-13-5-6-13)9-11-1-3-14(4-2-11)18-16(20)12-7-8-21-10-12/h1-4,12-13H,5-10H2,(H,17,19)(H,18,20). The number of rotatable bonds is 5. The lowest BCUT2D eigenvalue weighted by Gasteiger charge is -2.10. The highest BCUT2D eigenvalue weighted by molar-refractivity contribution is 5.92. The molecule has 5 heteroatoms. The number of carbonyl (C=O) groups is 2. The molecule has 1 saturated heterocycles. The van der Waals surface area contributed by atoms with Crippen LogP contribution >= 0.6 is 0 Å². The first-order chi connectivity index (χ1) is 10.2. The smallest absolute Gasteiger partial charge is 0.229 e. The van der Waals surface area contributed by atoms with E-state index in [1.165, 1.54) is 0 Å². The monoisotopic (exact) mass is 288 g/mol. The Kier molecular flexibility index (Phi) is 4.20. The van der Waals surface area contributed by atoms with Crippen molar-refractivity contribution >= 4 is 17.5 Å². The number of anilines is 1. The number of hydrogen-bond donors (Lipinski definition) is 2. The van der Waals surface area contributed by atoms with E-state index in [0.717, 1.165) is 30.5 Å². The number of benzene rings is 1. The van der Waals surface area contributed by atoms with E-state index in [1.54, 1.807) is 0 Å². The van der Waals surface area contributed by atoms with E-state index >= 15 is 0 Å². The van der Waals surface area contributed by atoms with Crippen molar-refractivity contribution in [2.75, 3.05) is 18.5 Å². The number of nitrogens with one attached hydrogen (secondary N) is 2.